The molecular weight excluding hydrogens is 534 g/mol. The van der Waals surface area contributed by atoms with E-state index in [1.165, 1.54) is 10.9 Å². The molecule has 1 saturated heterocycles. The molecule has 13 heteroatoms. The monoisotopic (exact) mass is 574 g/mol. The number of pyridine rings is 1. The fourth-order valence-electron chi connectivity index (χ4n) is 5.01. The van der Waals surface area contributed by atoms with Crippen LogP contribution in [0.5, 0.6) is 5.88 Å². The summed E-state index contributed by atoms with van der Waals surface area (Å²) in [7, 11) is -3.65. The highest BCUT2D eigenvalue weighted by Crippen LogP contribution is 2.37. The Bertz CT molecular complexity index is 1470. The highest BCUT2D eigenvalue weighted by molar-refractivity contribution is 7.90. The van der Waals surface area contributed by atoms with Crippen molar-refractivity contribution in [1.82, 2.24) is 24.6 Å². The van der Waals surface area contributed by atoms with Crippen molar-refractivity contribution in [2.45, 2.75) is 70.2 Å². The van der Waals surface area contributed by atoms with Crippen LogP contribution in [0.1, 0.15) is 43.2 Å². The lowest BCUT2D eigenvalue weighted by molar-refractivity contribution is -0.727. The van der Waals surface area contributed by atoms with Crippen molar-refractivity contribution in [1.29, 1.82) is 0 Å². The molecule has 212 valence electrons. The Morgan fingerprint density at radius 3 is 2.59 bits per heavy atom. The van der Waals surface area contributed by atoms with Crippen LogP contribution in [0.3, 0.4) is 0 Å². The van der Waals surface area contributed by atoms with E-state index >= 15 is 0 Å². The predicted octanol–water partition coefficient (Wildman–Crippen LogP) is 3.19. The minimum Gasteiger partial charge on any atom is -0.477 e. The van der Waals surface area contributed by atoms with Crippen LogP contribution in [-0.2, 0) is 17.1 Å². The van der Waals surface area contributed by atoms with E-state index in [2.05, 4.69) is 60.2 Å². The zero-order chi connectivity index (χ0) is 28.8. The molecule has 39 heavy (non-hydrogen) atoms. The largest absolute Gasteiger partial charge is 0.477 e. The molecule has 0 spiro atoms. The standard InChI is InChI=1S/C26H39N7O4SSi/c1-18-15-26(3,4)32(16-18)24-20(25(34)30-38(35,36)21-17-31(5)28-19(21)2)9-10-22(27-24)33-12-11-23(29-33)37-13-14-39(6,7)8/h9-12,17-18H,13-16H2,1-8H3,(H,30,34)/p+1/t18-/m0/s1. The number of rotatable bonds is 9. The number of hydrogen-bond acceptors (Lipinski definition) is 7. The van der Waals surface area contributed by atoms with Crippen molar-refractivity contribution < 1.29 is 22.6 Å². The predicted molar refractivity (Wildman–Crippen MR) is 152 cm³/mol. The molecule has 0 bridgehead atoms. The molecule has 0 saturated carbocycles. The second-order valence-electron chi connectivity index (χ2n) is 12.3. The maximum atomic E-state index is 13.5. The van der Waals surface area contributed by atoms with Crippen LogP contribution in [0.25, 0.3) is 5.82 Å². The summed E-state index contributed by atoms with van der Waals surface area (Å²) >= 11 is 0. The average molecular weight is 575 g/mol. The van der Waals surface area contributed by atoms with Gasteiger partial charge in [-0.1, -0.05) is 26.6 Å². The van der Waals surface area contributed by atoms with Crippen molar-refractivity contribution in [2.24, 2.45) is 13.0 Å². The van der Waals surface area contributed by atoms with Gasteiger partial charge in [0.15, 0.2) is 17.8 Å². The minimum atomic E-state index is -4.10. The number of ether oxygens (including phenoxy) is 1. The van der Waals surface area contributed by atoms with Crippen LogP contribution in [0.15, 0.2) is 35.5 Å². The van der Waals surface area contributed by atoms with Crippen LogP contribution in [0.4, 0.5) is 5.82 Å². The molecule has 0 aliphatic carbocycles. The van der Waals surface area contributed by atoms with Crippen LogP contribution in [0, 0.1) is 12.8 Å². The van der Waals surface area contributed by atoms with E-state index in [0.717, 1.165) is 12.5 Å². The number of aromatic amines is 1. The molecule has 3 aromatic rings. The molecule has 1 aliphatic heterocycles. The summed E-state index contributed by atoms with van der Waals surface area (Å²) in [5.74, 6) is 1.08. The SMILES string of the molecule is Cc1[nH][n+](C)cc1S(=O)(=O)NC(=O)c1ccc(-n2ccc(OCC[Si](C)(C)C)n2)nc1N1C[C@@H](C)CC1(C)C. The minimum absolute atomic E-state index is 0.0119. The first-order chi connectivity index (χ1) is 18.1. The number of sulfonamides is 1. The number of hydrogen-bond donors (Lipinski definition) is 2. The Hall–Kier alpha value is -3.19. The van der Waals surface area contributed by atoms with Crippen LogP contribution < -0.4 is 19.0 Å². The highest BCUT2D eigenvalue weighted by Gasteiger charge is 2.39. The fraction of sp³-hybridized carbons (Fsp3) is 0.538. The maximum Gasteiger partial charge on any atom is 0.272 e. The number of aryl methyl sites for hydroxylation is 2. The zero-order valence-corrected chi connectivity index (χ0v) is 25.9. The van der Waals surface area contributed by atoms with Gasteiger partial charge in [-0.2, -0.15) is 5.10 Å². The second kappa shape index (κ2) is 10.4. The molecule has 1 atom stereocenters. The molecule has 2 N–H and O–H groups in total. The van der Waals surface area contributed by atoms with Gasteiger partial charge in [-0.15, -0.1) is 9.78 Å². The molecule has 0 unspecified atom stereocenters. The smallest absolute Gasteiger partial charge is 0.272 e. The summed E-state index contributed by atoms with van der Waals surface area (Å²) in [6.07, 6.45) is 4.11. The Morgan fingerprint density at radius 1 is 1.28 bits per heavy atom. The summed E-state index contributed by atoms with van der Waals surface area (Å²) in [4.78, 5) is 20.4. The third-order valence-electron chi connectivity index (χ3n) is 6.88. The molecule has 0 aromatic carbocycles. The number of amides is 1. The van der Waals surface area contributed by atoms with Gasteiger partial charge in [-0.05, 0) is 51.3 Å². The van der Waals surface area contributed by atoms with Gasteiger partial charge in [0.1, 0.15) is 5.82 Å². The highest BCUT2D eigenvalue weighted by atomic mass is 32.2. The maximum absolute atomic E-state index is 13.5. The van der Waals surface area contributed by atoms with Crippen LogP contribution in [0.2, 0.25) is 25.7 Å². The summed E-state index contributed by atoms with van der Waals surface area (Å²) in [6, 6.07) is 6.09. The molecule has 1 aliphatic rings. The molecule has 1 amide bonds. The van der Waals surface area contributed by atoms with Gasteiger partial charge in [0, 0.05) is 32.4 Å². The summed E-state index contributed by atoms with van der Waals surface area (Å²) < 4.78 is 37.4. The van der Waals surface area contributed by atoms with Gasteiger partial charge in [-0.3, -0.25) is 4.79 Å². The van der Waals surface area contributed by atoms with E-state index in [1.807, 2.05) is 0 Å². The zero-order valence-electron chi connectivity index (χ0n) is 24.1. The average Bonchev–Trinajstić information content (AvgIpc) is 3.48. The first-order valence-electron chi connectivity index (χ1n) is 13.2. The third-order valence-corrected chi connectivity index (χ3v) is 10.0. The van der Waals surface area contributed by atoms with E-state index in [0.29, 0.717) is 42.3 Å². The third kappa shape index (κ3) is 6.52. The first-order valence-corrected chi connectivity index (χ1v) is 18.3. The normalized spacial score (nSPS) is 17.4. The number of anilines is 1. The van der Waals surface area contributed by atoms with Crippen molar-refractivity contribution >= 4 is 29.8 Å². The van der Waals surface area contributed by atoms with Gasteiger partial charge < -0.3 is 9.64 Å². The van der Waals surface area contributed by atoms with Crippen molar-refractivity contribution in [2.75, 3.05) is 18.1 Å². The van der Waals surface area contributed by atoms with E-state index in [4.69, 9.17) is 9.72 Å². The molecule has 4 heterocycles. The second-order valence-corrected chi connectivity index (χ2v) is 19.6. The van der Waals surface area contributed by atoms with E-state index in [-0.39, 0.29) is 16.0 Å². The van der Waals surface area contributed by atoms with Crippen molar-refractivity contribution in [3.8, 4) is 11.7 Å². The van der Waals surface area contributed by atoms with Crippen LogP contribution >= 0.6 is 0 Å². The van der Waals surface area contributed by atoms with E-state index in [9.17, 15) is 13.2 Å². The van der Waals surface area contributed by atoms with Gasteiger partial charge in [0.2, 0.25) is 12.1 Å². The Morgan fingerprint density at radius 2 is 2.00 bits per heavy atom. The van der Waals surface area contributed by atoms with Gasteiger partial charge in [-0.25, -0.2) is 22.8 Å². The number of carbonyl (C=O) groups excluding carboxylic acids is 1. The number of nitrogens with zero attached hydrogens (tertiary/aromatic N) is 5. The lowest BCUT2D eigenvalue weighted by atomic mass is 9.97. The lowest BCUT2D eigenvalue weighted by Gasteiger charge is -2.34. The fourth-order valence-corrected chi connectivity index (χ4v) is 6.93. The summed E-state index contributed by atoms with van der Waals surface area (Å²) in [5.41, 5.74) is 0.336. The molecule has 0 radical (unpaired) electrons. The summed E-state index contributed by atoms with van der Waals surface area (Å²) in [5, 5.41) is 7.42. The number of nitrogens with one attached hydrogen (secondary N) is 2. The number of H-pyrrole nitrogens is 1. The first kappa shape index (κ1) is 28.8. The van der Waals surface area contributed by atoms with Crippen molar-refractivity contribution in [3.05, 3.63) is 41.9 Å². The number of aromatic nitrogens is 5. The molecular formula is C26H40N7O4SSi+. The quantitative estimate of drug-likeness (QED) is 0.297. The Labute approximate surface area is 231 Å². The lowest BCUT2D eigenvalue weighted by Crippen LogP contribution is -2.41. The van der Waals surface area contributed by atoms with Gasteiger partial charge in [0.05, 0.1) is 17.9 Å². The van der Waals surface area contributed by atoms with Crippen LogP contribution in [-0.4, -0.2) is 61.0 Å². The molecule has 3 aromatic heterocycles. The Kier molecular flexibility index (Phi) is 7.69. The molecule has 4 rings (SSSR count). The van der Waals surface area contributed by atoms with Gasteiger partial charge >= 0.3 is 0 Å². The number of carbonyl (C=O) groups is 1. The molecule has 1 fully saturated rings. The summed E-state index contributed by atoms with van der Waals surface area (Å²) in [6.45, 7) is 16.2. The van der Waals surface area contributed by atoms with E-state index in [1.54, 1.807) is 43.0 Å². The van der Waals surface area contributed by atoms with Gasteiger partial charge in [0.25, 0.3) is 15.9 Å². The van der Waals surface area contributed by atoms with Crippen molar-refractivity contribution in [3.63, 3.8) is 0 Å². The Balaban J connectivity index is 1.67. The molecule has 11 nitrogen and oxygen atoms in total. The topological polar surface area (TPSA) is 126 Å². The van der Waals surface area contributed by atoms with E-state index < -0.39 is 24.0 Å².